The Kier molecular flexibility index (Phi) is 3.50. The second-order valence-electron chi connectivity index (χ2n) is 3.76. The molecule has 2 unspecified atom stereocenters. The van der Waals surface area contributed by atoms with E-state index in [0.717, 1.165) is 24.5 Å². The van der Waals surface area contributed by atoms with E-state index < -0.39 is 0 Å². The van der Waals surface area contributed by atoms with Crippen molar-refractivity contribution in [3.8, 4) is 0 Å². The molecule has 0 aromatic carbocycles. The van der Waals surface area contributed by atoms with Crippen molar-refractivity contribution in [1.82, 2.24) is 4.98 Å². The van der Waals surface area contributed by atoms with E-state index >= 15 is 0 Å². The van der Waals surface area contributed by atoms with Gasteiger partial charge in [0.25, 0.3) is 0 Å². The summed E-state index contributed by atoms with van der Waals surface area (Å²) < 4.78 is 5.55. The topological polar surface area (TPSA) is 48.1 Å². The molecule has 0 aliphatic carbocycles. The van der Waals surface area contributed by atoms with Crippen LogP contribution >= 0.6 is 11.3 Å². The van der Waals surface area contributed by atoms with Gasteiger partial charge in [-0.25, -0.2) is 4.98 Å². The first kappa shape index (κ1) is 10.1. The zero-order valence-corrected chi connectivity index (χ0v) is 9.00. The summed E-state index contributed by atoms with van der Waals surface area (Å²) in [5, 5.41) is 3.13. The third-order valence-corrected chi connectivity index (χ3v) is 3.31. The molecule has 0 spiro atoms. The van der Waals surface area contributed by atoms with Crippen LogP contribution in [0.2, 0.25) is 0 Å². The molecule has 0 amide bonds. The Morgan fingerprint density at radius 2 is 2.64 bits per heavy atom. The number of thiazole rings is 1. The molecule has 2 atom stereocenters. The van der Waals surface area contributed by atoms with Gasteiger partial charge in [-0.1, -0.05) is 0 Å². The summed E-state index contributed by atoms with van der Waals surface area (Å²) in [5.74, 6) is 0. The number of hydrogen-bond donors (Lipinski definition) is 1. The van der Waals surface area contributed by atoms with Gasteiger partial charge in [0.1, 0.15) is 0 Å². The summed E-state index contributed by atoms with van der Waals surface area (Å²) in [6.45, 7) is 0.911. The van der Waals surface area contributed by atoms with Crippen molar-refractivity contribution in [2.24, 2.45) is 5.73 Å². The molecule has 1 aromatic rings. The first-order valence-corrected chi connectivity index (χ1v) is 5.98. The average molecular weight is 212 g/mol. The summed E-state index contributed by atoms with van der Waals surface area (Å²) >= 11 is 1.68. The zero-order chi connectivity index (χ0) is 9.80. The molecule has 2 heterocycles. The number of nitrogens with two attached hydrogens (primary N) is 1. The van der Waals surface area contributed by atoms with Crippen LogP contribution in [0.3, 0.4) is 0 Å². The van der Waals surface area contributed by atoms with Crippen LogP contribution in [0.4, 0.5) is 0 Å². The Morgan fingerprint density at radius 1 is 1.71 bits per heavy atom. The fraction of sp³-hybridized carbons (Fsp3) is 0.700. The van der Waals surface area contributed by atoms with Crippen LogP contribution in [0.25, 0.3) is 0 Å². The normalized spacial score (nSPS) is 23.9. The highest BCUT2D eigenvalue weighted by Crippen LogP contribution is 2.18. The van der Waals surface area contributed by atoms with Gasteiger partial charge in [0.15, 0.2) is 0 Å². The van der Waals surface area contributed by atoms with Gasteiger partial charge in [0, 0.05) is 30.6 Å². The molecule has 14 heavy (non-hydrogen) atoms. The Bertz CT molecular complexity index is 257. The predicted octanol–water partition coefficient (Wildman–Crippen LogP) is 1.58. The molecule has 4 heteroatoms. The van der Waals surface area contributed by atoms with E-state index in [0.29, 0.717) is 6.10 Å². The van der Waals surface area contributed by atoms with E-state index in [4.69, 9.17) is 10.5 Å². The van der Waals surface area contributed by atoms with E-state index in [2.05, 4.69) is 4.98 Å². The Hall–Kier alpha value is -0.450. The monoisotopic (exact) mass is 212 g/mol. The van der Waals surface area contributed by atoms with Gasteiger partial charge in [0.05, 0.1) is 11.1 Å². The van der Waals surface area contributed by atoms with Crippen LogP contribution in [0.15, 0.2) is 11.6 Å². The molecule has 1 fully saturated rings. The van der Waals surface area contributed by atoms with Gasteiger partial charge in [-0.05, 0) is 19.3 Å². The van der Waals surface area contributed by atoms with Crippen LogP contribution < -0.4 is 5.73 Å². The van der Waals surface area contributed by atoms with Crippen molar-refractivity contribution in [2.45, 2.75) is 37.8 Å². The third kappa shape index (κ3) is 2.77. The number of nitrogens with zero attached hydrogens (tertiary/aromatic N) is 1. The molecule has 1 aromatic heterocycles. The molecule has 0 radical (unpaired) electrons. The van der Waals surface area contributed by atoms with E-state index in [9.17, 15) is 0 Å². The minimum atomic E-state index is 0.198. The lowest BCUT2D eigenvalue weighted by Crippen LogP contribution is -2.28. The lowest BCUT2D eigenvalue weighted by atomic mass is 10.1. The van der Waals surface area contributed by atoms with Gasteiger partial charge in [0.2, 0.25) is 0 Å². The van der Waals surface area contributed by atoms with E-state index in [-0.39, 0.29) is 6.04 Å². The van der Waals surface area contributed by atoms with Crippen molar-refractivity contribution >= 4 is 11.3 Å². The largest absolute Gasteiger partial charge is 0.378 e. The minimum absolute atomic E-state index is 0.198. The molecule has 0 saturated carbocycles. The smallest absolute Gasteiger partial charge is 0.0940 e. The quantitative estimate of drug-likeness (QED) is 0.824. The van der Waals surface area contributed by atoms with E-state index in [1.54, 1.807) is 11.3 Å². The highest BCUT2D eigenvalue weighted by atomic mass is 32.1. The highest BCUT2D eigenvalue weighted by molar-refractivity contribution is 7.09. The standard InChI is InChI=1S/C10H16N2OS/c11-8(6-9-2-1-4-13-9)7-10-12-3-5-14-10/h3,5,8-9H,1-2,4,6-7,11H2. The maximum absolute atomic E-state index is 6.03. The Labute approximate surface area is 88.3 Å². The Morgan fingerprint density at radius 3 is 3.29 bits per heavy atom. The highest BCUT2D eigenvalue weighted by Gasteiger charge is 2.19. The van der Waals surface area contributed by atoms with Gasteiger partial charge < -0.3 is 10.5 Å². The molecule has 2 N–H and O–H groups in total. The zero-order valence-electron chi connectivity index (χ0n) is 8.19. The third-order valence-electron chi connectivity index (χ3n) is 2.51. The van der Waals surface area contributed by atoms with Crippen LogP contribution in [0, 0.1) is 0 Å². The molecule has 0 bridgehead atoms. The van der Waals surface area contributed by atoms with Gasteiger partial charge in [-0.15, -0.1) is 11.3 Å². The van der Waals surface area contributed by atoms with Crippen LogP contribution in [-0.2, 0) is 11.2 Å². The van der Waals surface area contributed by atoms with Crippen LogP contribution in [-0.4, -0.2) is 23.7 Å². The van der Waals surface area contributed by atoms with Crippen molar-refractivity contribution in [3.05, 3.63) is 16.6 Å². The molecular weight excluding hydrogens is 196 g/mol. The van der Waals surface area contributed by atoms with Crippen molar-refractivity contribution in [3.63, 3.8) is 0 Å². The first-order valence-electron chi connectivity index (χ1n) is 5.10. The number of ether oxygens (including phenoxy) is 1. The summed E-state index contributed by atoms with van der Waals surface area (Å²) in [6, 6.07) is 0.198. The van der Waals surface area contributed by atoms with E-state index in [1.807, 2.05) is 11.6 Å². The van der Waals surface area contributed by atoms with Gasteiger partial charge in [-0.2, -0.15) is 0 Å². The number of aromatic nitrogens is 1. The lowest BCUT2D eigenvalue weighted by Gasteiger charge is -2.14. The fourth-order valence-corrected chi connectivity index (χ4v) is 2.54. The molecule has 78 valence electrons. The molecular formula is C10H16N2OS. The molecule has 1 aliphatic heterocycles. The predicted molar refractivity (Wildman–Crippen MR) is 57.4 cm³/mol. The van der Waals surface area contributed by atoms with Crippen molar-refractivity contribution < 1.29 is 4.74 Å². The maximum atomic E-state index is 6.03. The minimum Gasteiger partial charge on any atom is -0.378 e. The van der Waals surface area contributed by atoms with Crippen LogP contribution in [0.5, 0.6) is 0 Å². The maximum Gasteiger partial charge on any atom is 0.0940 e. The number of rotatable bonds is 4. The van der Waals surface area contributed by atoms with Crippen LogP contribution in [0.1, 0.15) is 24.3 Å². The molecule has 1 saturated heterocycles. The Balaban J connectivity index is 1.75. The molecule has 1 aliphatic rings. The summed E-state index contributed by atoms with van der Waals surface area (Å²) in [5.41, 5.74) is 6.03. The molecule has 2 rings (SSSR count). The average Bonchev–Trinajstić information content (AvgIpc) is 2.76. The SMILES string of the molecule is NC(Cc1nccs1)CC1CCCO1. The first-order chi connectivity index (χ1) is 6.84. The van der Waals surface area contributed by atoms with Crippen molar-refractivity contribution in [2.75, 3.05) is 6.61 Å². The van der Waals surface area contributed by atoms with Gasteiger partial charge >= 0.3 is 0 Å². The fourth-order valence-electron chi connectivity index (χ4n) is 1.83. The summed E-state index contributed by atoms with van der Waals surface area (Å²) in [7, 11) is 0. The summed E-state index contributed by atoms with van der Waals surface area (Å²) in [4.78, 5) is 4.23. The molecule has 3 nitrogen and oxygen atoms in total. The van der Waals surface area contributed by atoms with E-state index in [1.165, 1.54) is 12.8 Å². The van der Waals surface area contributed by atoms with Crippen molar-refractivity contribution in [1.29, 1.82) is 0 Å². The lowest BCUT2D eigenvalue weighted by molar-refractivity contribution is 0.0983. The second-order valence-corrected chi connectivity index (χ2v) is 4.74. The number of hydrogen-bond acceptors (Lipinski definition) is 4. The second kappa shape index (κ2) is 4.87. The van der Waals surface area contributed by atoms with Gasteiger partial charge in [-0.3, -0.25) is 0 Å². The summed E-state index contributed by atoms with van der Waals surface area (Å²) in [6.07, 6.45) is 6.45.